The highest BCUT2D eigenvalue weighted by molar-refractivity contribution is 9.10. The minimum Gasteiger partial charge on any atom is -0.443 e. The van der Waals surface area contributed by atoms with Crippen LogP contribution >= 0.6 is 39.0 Å². The van der Waals surface area contributed by atoms with E-state index in [-0.39, 0.29) is 9.79 Å². The molecule has 0 aliphatic rings. The Balaban J connectivity index is 2.51. The van der Waals surface area contributed by atoms with Gasteiger partial charge in [-0.2, -0.15) is 0 Å². The van der Waals surface area contributed by atoms with Crippen LogP contribution in [-0.2, 0) is 14.6 Å². The molecule has 1 heterocycles. The second kappa shape index (κ2) is 8.34. The highest BCUT2D eigenvalue weighted by Crippen LogP contribution is 2.41. The topological polar surface area (TPSA) is 87.5 Å². The third-order valence-electron chi connectivity index (χ3n) is 3.19. The summed E-state index contributed by atoms with van der Waals surface area (Å²) in [5.41, 5.74) is -0.733. The molecule has 0 fully saturated rings. The standard InChI is InChI=1S/C17H19BrN2O4S3/c1-17(2,3)24-16(21)20(10-19)14-9-13(15(25-4)26-14)27(22,23)12-7-5-6-11(18)8-12/h5-10,19H,1-4H3. The zero-order valence-electron chi connectivity index (χ0n) is 15.1. The van der Waals surface area contributed by atoms with Crippen molar-refractivity contribution in [1.82, 2.24) is 0 Å². The fourth-order valence-electron chi connectivity index (χ4n) is 2.07. The number of nitrogens with zero attached hydrogens (tertiary/aromatic N) is 1. The number of benzene rings is 1. The molecular weight excluding hydrogens is 472 g/mol. The summed E-state index contributed by atoms with van der Waals surface area (Å²) < 4.78 is 32.6. The zero-order chi connectivity index (χ0) is 20.4. The van der Waals surface area contributed by atoms with E-state index in [1.54, 1.807) is 39.2 Å². The van der Waals surface area contributed by atoms with Crippen LogP contribution in [0.15, 0.2) is 48.8 Å². The number of ether oxygens (including phenoxy) is 1. The molecule has 6 nitrogen and oxygen atoms in total. The second-order valence-electron chi connectivity index (χ2n) is 6.38. The van der Waals surface area contributed by atoms with Gasteiger partial charge in [0.2, 0.25) is 9.84 Å². The van der Waals surface area contributed by atoms with Crippen LogP contribution in [0.1, 0.15) is 20.8 Å². The molecule has 1 aromatic carbocycles. The van der Waals surface area contributed by atoms with E-state index in [9.17, 15) is 13.2 Å². The van der Waals surface area contributed by atoms with Gasteiger partial charge in [-0.15, -0.1) is 23.1 Å². The van der Waals surface area contributed by atoms with Gasteiger partial charge in [-0.25, -0.2) is 18.1 Å². The van der Waals surface area contributed by atoms with Crippen molar-refractivity contribution >= 4 is 66.3 Å². The van der Waals surface area contributed by atoms with E-state index in [1.165, 1.54) is 30.0 Å². The zero-order valence-corrected chi connectivity index (χ0v) is 19.2. The molecule has 0 bridgehead atoms. The lowest BCUT2D eigenvalue weighted by molar-refractivity contribution is 0.0606. The van der Waals surface area contributed by atoms with Gasteiger partial charge in [0.25, 0.3) is 0 Å². The van der Waals surface area contributed by atoms with Crippen molar-refractivity contribution in [2.24, 2.45) is 0 Å². The van der Waals surface area contributed by atoms with Gasteiger partial charge >= 0.3 is 6.09 Å². The monoisotopic (exact) mass is 490 g/mol. The molecule has 2 aromatic rings. The van der Waals surface area contributed by atoms with Crippen LogP contribution in [0.25, 0.3) is 0 Å². The Morgan fingerprint density at radius 2 is 2.00 bits per heavy atom. The molecule has 0 saturated carbocycles. The molecule has 27 heavy (non-hydrogen) atoms. The van der Waals surface area contributed by atoms with Crippen molar-refractivity contribution in [1.29, 1.82) is 5.41 Å². The number of halogens is 1. The lowest BCUT2D eigenvalue weighted by atomic mass is 10.2. The molecule has 2 rings (SSSR count). The molecular formula is C17H19BrN2O4S3. The summed E-state index contributed by atoms with van der Waals surface area (Å²) in [4.78, 5) is 13.6. The highest BCUT2D eigenvalue weighted by Gasteiger charge is 2.29. The van der Waals surface area contributed by atoms with E-state index >= 15 is 0 Å². The predicted molar refractivity (Wildman–Crippen MR) is 113 cm³/mol. The number of hydrogen-bond donors (Lipinski definition) is 1. The van der Waals surface area contributed by atoms with Crippen LogP contribution in [0.2, 0.25) is 0 Å². The molecule has 1 N–H and O–H groups in total. The van der Waals surface area contributed by atoms with Crippen molar-refractivity contribution in [2.75, 3.05) is 11.2 Å². The first-order valence-electron chi connectivity index (χ1n) is 7.71. The van der Waals surface area contributed by atoms with Gasteiger partial charge in [0.1, 0.15) is 10.6 Å². The molecule has 0 radical (unpaired) electrons. The maximum Gasteiger partial charge on any atom is 0.420 e. The number of amides is 1. The minimum atomic E-state index is -3.78. The third-order valence-corrected chi connectivity index (χ3v) is 7.99. The Morgan fingerprint density at radius 1 is 1.33 bits per heavy atom. The molecule has 10 heteroatoms. The maximum absolute atomic E-state index is 13.1. The largest absolute Gasteiger partial charge is 0.443 e. The molecule has 1 aromatic heterocycles. The first-order chi connectivity index (χ1) is 12.5. The Kier molecular flexibility index (Phi) is 6.77. The van der Waals surface area contributed by atoms with Crippen LogP contribution in [0.4, 0.5) is 9.80 Å². The Bertz CT molecular complexity index is 965. The predicted octanol–water partition coefficient (Wildman–Crippen LogP) is 5.41. The minimum absolute atomic E-state index is 0.100. The fraction of sp³-hybridized carbons (Fsp3) is 0.294. The number of thioether (sulfide) groups is 1. The lowest BCUT2D eigenvalue weighted by Gasteiger charge is -2.23. The maximum atomic E-state index is 13.1. The summed E-state index contributed by atoms with van der Waals surface area (Å²) in [5, 5.41) is 7.87. The van der Waals surface area contributed by atoms with Gasteiger partial charge < -0.3 is 4.74 Å². The summed E-state index contributed by atoms with van der Waals surface area (Å²) in [7, 11) is -3.78. The first-order valence-corrected chi connectivity index (χ1v) is 12.0. The van der Waals surface area contributed by atoms with E-state index in [2.05, 4.69) is 15.9 Å². The molecule has 0 aliphatic carbocycles. The van der Waals surface area contributed by atoms with Gasteiger partial charge in [-0.3, -0.25) is 5.41 Å². The average Bonchev–Trinajstić information content (AvgIpc) is 2.98. The molecule has 0 aliphatic heterocycles. The van der Waals surface area contributed by atoms with Crippen LogP contribution in [-0.4, -0.2) is 32.7 Å². The summed E-state index contributed by atoms with van der Waals surface area (Å²) in [6.07, 6.45) is 1.84. The van der Waals surface area contributed by atoms with Crippen LogP contribution < -0.4 is 4.90 Å². The second-order valence-corrected chi connectivity index (χ2v) is 11.3. The van der Waals surface area contributed by atoms with E-state index in [1.807, 2.05) is 0 Å². The quantitative estimate of drug-likeness (QED) is 0.343. The average molecular weight is 491 g/mol. The molecule has 1 amide bonds. The van der Waals surface area contributed by atoms with Gasteiger partial charge in [0, 0.05) is 4.47 Å². The number of anilines is 1. The van der Waals surface area contributed by atoms with Crippen LogP contribution in [0.5, 0.6) is 0 Å². The van der Waals surface area contributed by atoms with Gasteiger partial charge in [-0.1, -0.05) is 22.0 Å². The lowest BCUT2D eigenvalue weighted by Crippen LogP contribution is -2.35. The third kappa shape index (κ3) is 5.13. The van der Waals surface area contributed by atoms with Crippen LogP contribution in [0, 0.1) is 5.41 Å². The summed E-state index contributed by atoms with van der Waals surface area (Å²) in [6.45, 7) is 5.16. The number of rotatable bonds is 5. The van der Waals surface area contributed by atoms with E-state index in [0.29, 0.717) is 13.7 Å². The number of nitrogens with one attached hydrogen (secondary N) is 1. The Hall–Kier alpha value is -1.36. The first kappa shape index (κ1) is 21.9. The van der Waals surface area contributed by atoms with Crippen molar-refractivity contribution in [2.45, 2.75) is 40.4 Å². The van der Waals surface area contributed by atoms with Crippen molar-refractivity contribution < 1.29 is 17.9 Å². The smallest absolute Gasteiger partial charge is 0.420 e. The van der Waals surface area contributed by atoms with Gasteiger partial charge in [-0.05, 0) is 51.3 Å². The number of thiophene rings is 1. The van der Waals surface area contributed by atoms with E-state index in [4.69, 9.17) is 10.1 Å². The van der Waals surface area contributed by atoms with Crippen molar-refractivity contribution in [3.05, 3.63) is 34.8 Å². The highest BCUT2D eigenvalue weighted by atomic mass is 79.9. The van der Waals surface area contributed by atoms with Crippen LogP contribution in [0.3, 0.4) is 0 Å². The molecule has 0 saturated heterocycles. The summed E-state index contributed by atoms with van der Waals surface area (Å²) in [6, 6.07) is 7.84. The van der Waals surface area contributed by atoms with Crippen molar-refractivity contribution in [3.63, 3.8) is 0 Å². The Labute approximate surface area is 175 Å². The van der Waals surface area contributed by atoms with Gasteiger partial charge in [0.05, 0.1) is 20.3 Å². The van der Waals surface area contributed by atoms with E-state index < -0.39 is 21.5 Å². The molecule has 0 spiro atoms. The fourth-order valence-corrected chi connectivity index (χ4v) is 6.61. The molecule has 0 atom stereocenters. The Morgan fingerprint density at radius 3 is 2.52 bits per heavy atom. The van der Waals surface area contributed by atoms with E-state index in [0.717, 1.165) is 22.6 Å². The number of carbonyl (C=O) groups is 1. The number of carbonyl (C=O) groups excluding carboxylic acids is 1. The number of hydrogen-bond acceptors (Lipinski definition) is 7. The normalized spacial score (nSPS) is 11.9. The molecule has 146 valence electrons. The summed E-state index contributed by atoms with van der Waals surface area (Å²) >= 11 is 5.67. The number of sulfone groups is 1. The van der Waals surface area contributed by atoms with Gasteiger partial charge in [0.15, 0.2) is 0 Å². The SMILES string of the molecule is CSc1sc(N(C=N)C(=O)OC(C)(C)C)cc1S(=O)(=O)c1cccc(Br)c1. The summed E-state index contributed by atoms with van der Waals surface area (Å²) in [5.74, 6) is 0. The molecule has 0 unspecified atom stereocenters. The van der Waals surface area contributed by atoms with Crippen molar-refractivity contribution in [3.8, 4) is 0 Å².